The molecule has 0 spiro atoms. The van der Waals surface area contributed by atoms with Crippen LogP contribution in [0, 0.1) is 35.0 Å². The normalized spacial score (nSPS) is 30.7. The average molecular weight is 419 g/mol. The first-order chi connectivity index (χ1) is 13.7. The molecule has 1 heterocycles. The number of hydrogen-bond donors (Lipinski definition) is 3. The van der Waals surface area contributed by atoms with Gasteiger partial charge in [-0.1, -0.05) is 20.8 Å². The summed E-state index contributed by atoms with van der Waals surface area (Å²) in [5.41, 5.74) is 7.06. The summed E-state index contributed by atoms with van der Waals surface area (Å²) >= 11 is 1.62. The summed E-state index contributed by atoms with van der Waals surface area (Å²) in [5.74, 6) is -1.94. The van der Waals surface area contributed by atoms with Crippen LogP contribution < -0.4 is 10.9 Å². The molecule has 2 fully saturated rings. The number of carboxylic acids is 1. The van der Waals surface area contributed by atoms with Gasteiger partial charge in [-0.3, -0.25) is 25.2 Å². The van der Waals surface area contributed by atoms with Crippen LogP contribution in [0.25, 0.3) is 0 Å². The summed E-state index contributed by atoms with van der Waals surface area (Å²) in [6.45, 7) is 6.79. The second-order valence-electron chi connectivity index (χ2n) is 10.0. The number of thiophene rings is 1. The topological polar surface area (TPSA) is 95.5 Å². The van der Waals surface area contributed by atoms with Crippen molar-refractivity contribution >= 4 is 29.1 Å². The first kappa shape index (κ1) is 20.4. The number of nitrogens with one attached hydrogen (secondary N) is 2. The first-order valence-corrected chi connectivity index (χ1v) is 11.5. The highest BCUT2D eigenvalue weighted by Crippen LogP contribution is 2.52. The number of aliphatic carboxylic acids is 1. The van der Waals surface area contributed by atoms with E-state index in [0.29, 0.717) is 11.5 Å². The van der Waals surface area contributed by atoms with E-state index < -0.39 is 17.8 Å². The van der Waals surface area contributed by atoms with Crippen LogP contribution in [0.3, 0.4) is 0 Å². The van der Waals surface area contributed by atoms with Crippen LogP contribution in [0.5, 0.6) is 0 Å². The second-order valence-corrected chi connectivity index (χ2v) is 11.0. The van der Waals surface area contributed by atoms with Gasteiger partial charge in [-0.15, -0.1) is 11.3 Å². The predicted molar refractivity (Wildman–Crippen MR) is 110 cm³/mol. The average Bonchev–Trinajstić information content (AvgIpc) is 3.37. The first-order valence-electron chi connectivity index (χ1n) is 10.6. The Hall–Kier alpha value is -1.89. The van der Waals surface area contributed by atoms with Crippen LogP contribution in [0.4, 0.5) is 0 Å². The van der Waals surface area contributed by atoms with Gasteiger partial charge < -0.3 is 5.11 Å². The molecule has 0 saturated heterocycles. The lowest BCUT2D eigenvalue weighted by molar-refractivity contribution is -0.149. The van der Waals surface area contributed by atoms with Gasteiger partial charge >= 0.3 is 5.97 Å². The zero-order valence-electron chi connectivity index (χ0n) is 17.3. The minimum Gasteiger partial charge on any atom is -0.481 e. The number of hydrazine groups is 1. The molecule has 5 unspecified atom stereocenters. The van der Waals surface area contributed by atoms with Gasteiger partial charge in [0.25, 0.3) is 5.91 Å². The van der Waals surface area contributed by atoms with Crippen molar-refractivity contribution < 1.29 is 19.5 Å². The Labute approximate surface area is 175 Å². The third kappa shape index (κ3) is 3.69. The molecule has 2 bridgehead atoms. The Morgan fingerprint density at radius 1 is 1.07 bits per heavy atom. The molecule has 3 aliphatic carbocycles. The van der Waals surface area contributed by atoms with Crippen molar-refractivity contribution in [1.82, 2.24) is 10.9 Å². The molecular formula is C22H30N2O4S. The maximum atomic E-state index is 12.7. The summed E-state index contributed by atoms with van der Waals surface area (Å²) in [6.07, 6.45) is 5.52. The third-order valence-electron chi connectivity index (χ3n) is 7.43. The summed E-state index contributed by atoms with van der Waals surface area (Å²) in [6, 6.07) is 0. The van der Waals surface area contributed by atoms with Crippen molar-refractivity contribution in [3.05, 3.63) is 21.4 Å². The number of amides is 2. The molecule has 3 N–H and O–H groups in total. The van der Waals surface area contributed by atoms with Crippen molar-refractivity contribution in [2.75, 3.05) is 0 Å². The summed E-state index contributed by atoms with van der Waals surface area (Å²) < 4.78 is 0. The Morgan fingerprint density at radius 2 is 1.76 bits per heavy atom. The molecule has 0 aliphatic heterocycles. The highest BCUT2D eigenvalue weighted by atomic mass is 32.1. The van der Waals surface area contributed by atoms with Crippen LogP contribution in [0.15, 0.2) is 5.38 Å². The SMILES string of the molecule is CC(C)(C)C1CCc2c(C(=O)NNC(=O)C3C4CCC(C4)C3C(=O)O)csc2C1. The molecule has 6 nitrogen and oxygen atoms in total. The van der Waals surface area contributed by atoms with E-state index in [1.807, 2.05) is 5.38 Å². The van der Waals surface area contributed by atoms with E-state index in [-0.39, 0.29) is 29.1 Å². The van der Waals surface area contributed by atoms with Crippen LogP contribution in [-0.4, -0.2) is 22.9 Å². The molecule has 158 valence electrons. The highest BCUT2D eigenvalue weighted by Gasteiger charge is 2.54. The molecular weight excluding hydrogens is 388 g/mol. The van der Waals surface area contributed by atoms with E-state index in [1.54, 1.807) is 11.3 Å². The number of hydrogen-bond acceptors (Lipinski definition) is 4. The Morgan fingerprint density at radius 3 is 2.41 bits per heavy atom. The number of carbonyl (C=O) groups is 3. The fourth-order valence-corrected chi connectivity index (χ4v) is 6.90. The monoisotopic (exact) mass is 418 g/mol. The van der Waals surface area contributed by atoms with Gasteiger partial charge in [-0.2, -0.15) is 0 Å². The Bertz CT molecular complexity index is 840. The van der Waals surface area contributed by atoms with E-state index in [1.165, 1.54) is 4.88 Å². The summed E-state index contributed by atoms with van der Waals surface area (Å²) in [4.78, 5) is 38.3. The van der Waals surface area contributed by atoms with E-state index in [4.69, 9.17) is 0 Å². The molecule has 4 rings (SSSR count). The quantitative estimate of drug-likeness (QED) is 0.656. The van der Waals surface area contributed by atoms with Crippen molar-refractivity contribution in [2.24, 2.45) is 35.0 Å². The van der Waals surface area contributed by atoms with Crippen molar-refractivity contribution in [3.63, 3.8) is 0 Å². The maximum absolute atomic E-state index is 12.7. The van der Waals surface area contributed by atoms with Crippen molar-refractivity contribution in [1.29, 1.82) is 0 Å². The minimum atomic E-state index is -0.899. The Kier molecular flexibility index (Phi) is 5.21. The van der Waals surface area contributed by atoms with E-state index in [9.17, 15) is 19.5 Å². The summed E-state index contributed by atoms with van der Waals surface area (Å²) in [7, 11) is 0. The summed E-state index contributed by atoms with van der Waals surface area (Å²) in [5, 5.41) is 11.4. The van der Waals surface area contributed by atoms with E-state index >= 15 is 0 Å². The van der Waals surface area contributed by atoms with Gasteiger partial charge in [0.15, 0.2) is 0 Å². The van der Waals surface area contributed by atoms with E-state index in [2.05, 4.69) is 31.6 Å². The molecule has 0 aromatic carbocycles. The molecule has 29 heavy (non-hydrogen) atoms. The standard InChI is InChI=1S/C22H30N2O4S/c1-22(2,3)13-6-7-14-15(10-29-16(14)9-13)19(25)23-24-20(26)17-11-4-5-12(8-11)18(17)21(27)28/h10-13,17-18H,4-9H2,1-3H3,(H,23,25)(H,24,26)(H,27,28). The largest absolute Gasteiger partial charge is 0.481 e. The fraction of sp³-hybridized carbons (Fsp3) is 0.682. The molecule has 2 saturated carbocycles. The molecule has 1 aromatic rings. The van der Waals surface area contributed by atoms with Crippen LogP contribution in [0.1, 0.15) is 67.3 Å². The zero-order chi connectivity index (χ0) is 20.9. The third-order valence-corrected chi connectivity index (χ3v) is 8.48. The minimum absolute atomic E-state index is 0.0867. The highest BCUT2D eigenvalue weighted by molar-refractivity contribution is 7.10. The van der Waals surface area contributed by atoms with Gasteiger partial charge in [0.05, 0.1) is 17.4 Å². The lowest BCUT2D eigenvalue weighted by Gasteiger charge is -2.34. The number of carbonyl (C=O) groups excluding carboxylic acids is 2. The van der Waals surface area contributed by atoms with Gasteiger partial charge in [0.2, 0.25) is 5.91 Å². The molecule has 2 amide bonds. The number of fused-ring (bicyclic) bond motifs is 3. The predicted octanol–water partition coefficient (Wildman–Crippen LogP) is 3.41. The van der Waals surface area contributed by atoms with Gasteiger partial charge in [0.1, 0.15) is 0 Å². The molecule has 0 radical (unpaired) electrons. The van der Waals surface area contributed by atoms with Crippen LogP contribution in [0.2, 0.25) is 0 Å². The lowest BCUT2D eigenvalue weighted by atomic mass is 9.72. The molecule has 7 heteroatoms. The molecule has 1 aromatic heterocycles. The van der Waals surface area contributed by atoms with Crippen LogP contribution in [-0.2, 0) is 22.4 Å². The van der Waals surface area contributed by atoms with Crippen molar-refractivity contribution in [2.45, 2.75) is 59.3 Å². The van der Waals surface area contributed by atoms with E-state index in [0.717, 1.165) is 44.1 Å². The number of carboxylic acid groups (broad SMARTS) is 1. The van der Waals surface area contributed by atoms with Gasteiger partial charge in [-0.25, -0.2) is 0 Å². The lowest BCUT2D eigenvalue weighted by Crippen LogP contribution is -2.48. The smallest absolute Gasteiger partial charge is 0.307 e. The molecule has 3 aliphatic rings. The fourth-order valence-electron chi connectivity index (χ4n) is 5.74. The van der Waals surface area contributed by atoms with Gasteiger partial charge in [-0.05, 0) is 67.3 Å². The van der Waals surface area contributed by atoms with Gasteiger partial charge in [0, 0.05) is 10.3 Å². The zero-order valence-corrected chi connectivity index (χ0v) is 18.1. The second kappa shape index (κ2) is 7.42. The maximum Gasteiger partial charge on any atom is 0.307 e. The number of rotatable bonds is 3. The molecule has 5 atom stereocenters. The Balaban J connectivity index is 1.39. The van der Waals surface area contributed by atoms with Crippen molar-refractivity contribution in [3.8, 4) is 0 Å². The van der Waals surface area contributed by atoms with Crippen LogP contribution >= 0.6 is 11.3 Å².